The van der Waals surface area contributed by atoms with Crippen LogP contribution in [0.4, 0.5) is 30.4 Å². The normalized spacial score (nSPS) is 13.6. The smallest absolute Gasteiger partial charge is 0.262 e. The van der Waals surface area contributed by atoms with Crippen molar-refractivity contribution in [1.82, 2.24) is 25.2 Å². The molecule has 0 bridgehead atoms. The van der Waals surface area contributed by atoms with Crippen molar-refractivity contribution >= 4 is 34.0 Å². The van der Waals surface area contributed by atoms with Gasteiger partial charge in [-0.15, -0.1) is 0 Å². The monoisotopic (exact) mass is 525 g/mol. The second kappa shape index (κ2) is 10.2. The number of benzene rings is 2. The number of aromatic nitrogens is 3. The number of rotatable bonds is 6. The van der Waals surface area contributed by atoms with Gasteiger partial charge in [0.15, 0.2) is 23.2 Å². The van der Waals surface area contributed by atoms with E-state index >= 15 is 4.39 Å². The summed E-state index contributed by atoms with van der Waals surface area (Å²) >= 11 is 0. The molecule has 1 fully saturated rings. The number of nitrogens with zero attached hydrogens (tertiary/aromatic N) is 4. The van der Waals surface area contributed by atoms with Crippen LogP contribution in [0.1, 0.15) is 16.1 Å². The topological polar surface area (TPSA) is 98.4 Å². The maximum absolute atomic E-state index is 15.2. The van der Waals surface area contributed by atoms with E-state index in [9.17, 15) is 13.6 Å². The third-order valence-corrected chi connectivity index (χ3v) is 6.21. The van der Waals surface area contributed by atoms with Crippen molar-refractivity contribution in [3.8, 4) is 11.6 Å². The number of hydrogen-bond donors (Lipinski definition) is 3. The van der Waals surface area contributed by atoms with Crippen molar-refractivity contribution in [3.63, 3.8) is 0 Å². The minimum Gasteiger partial charge on any atom is -0.435 e. The minimum atomic E-state index is -0.812. The van der Waals surface area contributed by atoms with E-state index in [0.29, 0.717) is 30.2 Å². The van der Waals surface area contributed by atoms with Crippen LogP contribution in [0.5, 0.6) is 11.6 Å². The van der Waals surface area contributed by atoms with Crippen LogP contribution in [0.25, 0.3) is 10.9 Å². The maximum Gasteiger partial charge on any atom is 0.262 e. The number of halogens is 3. The highest BCUT2D eigenvalue weighted by atomic mass is 19.1. The molecular formula is C26H26F3N7O2. The average Bonchev–Trinajstić information content (AvgIpc) is 3.30. The van der Waals surface area contributed by atoms with Crippen LogP contribution in [-0.2, 0) is 0 Å². The zero-order valence-electron chi connectivity index (χ0n) is 21.0. The number of hydrogen-bond acceptors (Lipinski definition) is 7. The summed E-state index contributed by atoms with van der Waals surface area (Å²) in [7, 11) is 3.03. The van der Waals surface area contributed by atoms with Crippen molar-refractivity contribution in [2.24, 2.45) is 0 Å². The van der Waals surface area contributed by atoms with Crippen molar-refractivity contribution in [2.75, 3.05) is 50.5 Å². The van der Waals surface area contributed by atoms with Gasteiger partial charge in [-0.25, -0.2) is 23.1 Å². The lowest BCUT2D eigenvalue weighted by Gasteiger charge is -2.29. The molecule has 1 amide bonds. The number of piperazine rings is 1. The average molecular weight is 526 g/mol. The predicted octanol–water partition coefficient (Wildman–Crippen LogP) is 4.33. The molecular weight excluding hydrogens is 499 g/mol. The second-order valence-corrected chi connectivity index (χ2v) is 9.14. The largest absolute Gasteiger partial charge is 0.435 e. The fourth-order valence-electron chi connectivity index (χ4n) is 4.35. The van der Waals surface area contributed by atoms with E-state index < -0.39 is 29.1 Å². The number of carbonyl (C=O) groups excluding carboxylic acids is 1. The lowest BCUT2D eigenvalue weighted by Crippen LogP contribution is -2.43. The maximum atomic E-state index is 15.2. The van der Waals surface area contributed by atoms with Gasteiger partial charge in [-0.2, -0.15) is 0 Å². The van der Waals surface area contributed by atoms with Gasteiger partial charge in [0.25, 0.3) is 5.91 Å². The van der Waals surface area contributed by atoms with E-state index in [4.69, 9.17) is 4.74 Å². The zero-order chi connectivity index (χ0) is 27.0. The fraction of sp³-hybridized carbons (Fsp3) is 0.269. The van der Waals surface area contributed by atoms with Crippen molar-refractivity contribution in [3.05, 3.63) is 65.4 Å². The van der Waals surface area contributed by atoms with Gasteiger partial charge >= 0.3 is 0 Å². The molecule has 1 aliphatic heterocycles. The molecule has 0 spiro atoms. The van der Waals surface area contributed by atoms with Crippen LogP contribution in [0.15, 0.2) is 36.7 Å². The van der Waals surface area contributed by atoms with Crippen LogP contribution in [0, 0.1) is 24.4 Å². The van der Waals surface area contributed by atoms with E-state index in [2.05, 4.69) is 25.6 Å². The highest BCUT2D eigenvalue weighted by Crippen LogP contribution is 2.35. The van der Waals surface area contributed by atoms with Gasteiger partial charge in [0.2, 0.25) is 5.88 Å². The first-order valence-corrected chi connectivity index (χ1v) is 12.0. The molecule has 0 saturated carbocycles. The number of anilines is 3. The van der Waals surface area contributed by atoms with Crippen molar-refractivity contribution in [1.29, 1.82) is 0 Å². The summed E-state index contributed by atoms with van der Waals surface area (Å²) in [4.78, 5) is 27.3. The Kier molecular flexibility index (Phi) is 6.81. The molecule has 0 unspecified atom stereocenters. The lowest BCUT2D eigenvalue weighted by molar-refractivity contribution is 0.0825. The summed E-state index contributed by atoms with van der Waals surface area (Å²) in [5, 5.41) is 6.18. The Morgan fingerprint density at radius 3 is 2.55 bits per heavy atom. The van der Waals surface area contributed by atoms with E-state index in [0.717, 1.165) is 25.5 Å². The molecule has 9 nitrogen and oxygen atoms in total. The standard InChI is InChI=1S/C26H26F3N7O2/c1-14-10-16-22(29)20(12-18(28)23(16)33-14)38-25-21(26(37)35(2)3)24(31-13-32-25)34-15-4-5-19(17(27)11-15)36-8-6-30-7-9-36/h4-5,10-13,30,33H,6-9H2,1-3H3,(H,31,32,34). The second-order valence-electron chi connectivity index (χ2n) is 9.14. The molecule has 0 aliphatic carbocycles. The van der Waals surface area contributed by atoms with Gasteiger partial charge in [-0.05, 0) is 31.2 Å². The van der Waals surface area contributed by atoms with E-state index in [-0.39, 0.29) is 28.2 Å². The van der Waals surface area contributed by atoms with E-state index in [1.807, 2.05) is 4.90 Å². The summed E-state index contributed by atoms with van der Waals surface area (Å²) in [6, 6.07) is 6.97. The van der Waals surface area contributed by atoms with Gasteiger partial charge < -0.3 is 30.2 Å². The molecule has 0 radical (unpaired) electrons. The highest BCUT2D eigenvalue weighted by Gasteiger charge is 2.25. The summed E-state index contributed by atoms with van der Waals surface area (Å²) in [6.07, 6.45) is 1.11. The molecule has 12 heteroatoms. The molecule has 38 heavy (non-hydrogen) atoms. The number of amides is 1. The fourth-order valence-corrected chi connectivity index (χ4v) is 4.35. The summed E-state index contributed by atoms with van der Waals surface area (Å²) in [6.45, 7) is 4.57. The summed E-state index contributed by atoms with van der Waals surface area (Å²) in [5.74, 6) is -3.24. The van der Waals surface area contributed by atoms with Crippen LogP contribution in [0.2, 0.25) is 0 Å². The number of carbonyl (C=O) groups is 1. The lowest BCUT2D eigenvalue weighted by atomic mass is 10.2. The Morgan fingerprint density at radius 2 is 1.84 bits per heavy atom. The number of ether oxygens (including phenoxy) is 1. The molecule has 3 heterocycles. The van der Waals surface area contributed by atoms with Crippen molar-refractivity contribution in [2.45, 2.75) is 6.92 Å². The minimum absolute atomic E-state index is 0.00504. The number of fused-ring (bicyclic) bond motifs is 1. The number of aromatic amines is 1. The third-order valence-electron chi connectivity index (χ3n) is 6.21. The SMILES string of the molecule is Cc1cc2c(F)c(Oc3ncnc(Nc4ccc(N5CCNCC5)c(F)c4)c3C(=O)N(C)C)cc(F)c2[nH]1. The van der Waals surface area contributed by atoms with Gasteiger partial charge in [0, 0.05) is 63.1 Å². The Labute approximate surface area is 216 Å². The number of aryl methyl sites for hydroxylation is 1. The molecule has 2 aromatic carbocycles. The number of H-pyrrole nitrogens is 1. The van der Waals surface area contributed by atoms with Gasteiger partial charge in [0.05, 0.1) is 11.2 Å². The van der Waals surface area contributed by atoms with Crippen LogP contribution in [-0.4, -0.2) is 66.0 Å². The Bertz CT molecular complexity index is 1520. The first-order chi connectivity index (χ1) is 18.2. The zero-order valence-corrected chi connectivity index (χ0v) is 21.0. The molecule has 3 N–H and O–H groups in total. The van der Waals surface area contributed by atoms with Gasteiger partial charge in [-0.3, -0.25) is 4.79 Å². The van der Waals surface area contributed by atoms with Crippen LogP contribution >= 0.6 is 0 Å². The Hall–Kier alpha value is -4.32. The molecule has 1 saturated heterocycles. The van der Waals surface area contributed by atoms with Crippen molar-refractivity contribution < 1.29 is 22.7 Å². The molecule has 198 valence electrons. The molecule has 5 rings (SSSR count). The van der Waals surface area contributed by atoms with Crippen LogP contribution < -0.4 is 20.3 Å². The van der Waals surface area contributed by atoms with E-state index in [1.165, 1.54) is 31.1 Å². The quantitative estimate of drug-likeness (QED) is 0.345. The molecule has 0 atom stereocenters. The number of nitrogens with one attached hydrogen (secondary N) is 3. The van der Waals surface area contributed by atoms with Crippen LogP contribution in [0.3, 0.4) is 0 Å². The predicted molar refractivity (Wildman–Crippen MR) is 138 cm³/mol. The van der Waals surface area contributed by atoms with E-state index in [1.54, 1.807) is 19.1 Å². The summed E-state index contributed by atoms with van der Waals surface area (Å²) < 4.78 is 50.5. The van der Waals surface area contributed by atoms with Gasteiger partial charge in [-0.1, -0.05) is 0 Å². The Balaban J connectivity index is 1.51. The molecule has 1 aliphatic rings. The summed E-state index contributed by atoms with van der Waals surface area (Å²) in [5.41, 5.74) is 1.26. The first kappa shape index (κ1) is 25.3. The molecule has 2 aromatic heterocycles. The highest BCUT2D eigenvalue weighted by molar-refractivity contribution is 6.01. The van der Waals surface area contributed by atoms with Gasteiger partial charge in [0.1, 0.15) is 17.7 Å². The third kappa shape index (κ3) is 4.82. The molecule has 4 aromatic rings. The Morgan fingerprint density at radius 1 is 1.08 bits per heavy atom. The first-order valence-electron chi connectivity index (χ1n) is 12.0.